The Kier molecular flexibility index (Phi) is 5.97. The van der Waals surface area contributed by atoms with Crippen LogP contribution in [0.25, 0.3) is 11.0 Å². The van der Waals surface area contributed by atoms with Crippen molar-refractivity contribution in [1.29, 1.82) is 0 Å². The van der Waals surface area contributed by atoms with Crippen molar-refractivity contribution in [1.82, 2.24) is 40.5 Å². The van der Waals surface area contributed by atoms with Gasteiger partial charge in [0.05, 0.1) is 31.2 Å². The number of ether oxygens (including phenoxy) is 1. The maximum absolute atomic E-state index is 12.4. The Labute approximate surface area is 190 Å². The van der Waals surface area contributed by atoms with Gasteiger partial charge in [0.15, 0.2) is 11.3 Å². The van der Waals surface area contributed by atoms with Crippen LogP contribution in [0.5, 0.6) is 5.75 Å². The molecule has 0 spiro atoms. The molecule has 33 heavy (non-hydrogen) atoms. The van der Waals surface area contributed by atoms with E-state index in [9.17, 15) is 4.79 Å². The molecule has 0 saturated heterocycles. The number of hydrogen-bond donors (Lipinski definition) is 2. The van der Waals surface area contributed by atoms with Gasteiger partial charge >= 0.3 is 0 Å². The Hall–Kier alpha value is -3.82. The second-order valence-corrected chi connectivity index (χ2v) is 8.33. The van der Waals surface area contributed by atoms with Crippen LogP contribution < -0.4 is 10.1 Å². The lowest BCUT2D eigenvalue weighted by molar-refractivity contribution is 0.0945. The van der Waals surface area contributed by atoms with Crippen molar-refractivity contribution in [2.75, 3.05) is 7.11 Å². The smallest absolute Gasteiger partial charge is 0.273 e. The number of pyridine rings is 1. The van der Waals surface area contributed by atoms with Crippen LogP contribution in [0, 0.1) is 0 Å². The van der Waals surface area contributed by atoms with Crippen molar-refractivity contribution in [3.8, 4) is 5.75 Å². The number of rotatable bonds is 10. The molecule has 5 rings (SSSR count). The number of carbonyl (C=O) groups excluding carboxylic acids is 1. The maximum atomic E-state index is 12.4. The number of H-pyrrole nitrogens is 1. The molecule has 4 aromatic heterocycles. The van der Waals surface area contributed by atoms with Crippen molar-refractivity contribution in [3.05, 3.63) is 59.4 Å². The summed E-state index contributed by atoms with van der Waals surface area (Å²) in [5, 5.41) is 20.7. The standard InChI is InChI=1S/C23H26N8O2/c1-33-19-7-8-24-18(12-19)13-25-23(32)21-14-31(30-28-21)9-3-2-4-17-10-16-11-20(15-5-6-15)26-22(16)29-27-17/h7-8,10-12,14-15H,2-6,9,13H2,1H3,(H,25,32)(H,26,29). The highest BCUT2D eigenvalue weighted by Gasteiger charge is 2.25. The molecule has 4 aromatic rings. The number of methoxy groups -OCH3 is 1. The molecule has 0 unspecified atom stereocenters. The molecule has 0 atom stereocenters. The molecule has 170 valence electrons. The average Bonchev–Trinajstić information content (AvgIpc) is 3.43. The Bertz CT molecular complexity index is 1260. The zero-order valence-corrected chi connectivity index (χ0v) is 18.5. The van der Waals surface area contributed by atoms with E-state index in [-0.39, 0.29) is 18.1 Å². The van der Waals surface area contributed by atoms with Crippen LogP contribution in [0.4, 0.5) is 0 Å². The van der Waals surface area contributed by atoms with Gasteiger partial charge in [0.25, 0.3) is 5.91 Å². The van der Waals surface area contributed by atoms with E-state index >= 15 is 0 Å². The fourth-order valence-corrected chi connectivity index (χ4v) is 3.77. The first-order valence-corrected chi connectivity index (χ1v) is 11.2. The minimum Gasteiger partial charge on any atom is -0.497 e. The third-order valence-corrected chi connectivity index (χ3v) is 5.76. The Morgan fingerprint density at radius 3 is 2.94 bits per heavy atom. The zero-order chi connectivity index (χ0) is 22.6. The highest BCUT2D eigenvalue weighted by atomic mass is 16.5. The topological polar surface area (TPSA) is 124 Å². The molecule has 4 heterocycles. The minimum absolute atomic E-state index is 0.285. The van der Waals surface area contributed by atoms with E-state index < -0.39 is 0 Å². The summed E-state index contributed by atoms with van der Waals surface area (Å²) in [5.41, 5.74) is 4.14. The highest BCUT2D eigenvalue weighted by molar-refractivity contribution is 5.91. The fraction of sp³-hybridized carbons (Fsp3) is 0.391. The summed E-state index contributed by atoms with van der Waals surface area (Å²) in [5.74, 6) is 1.09. The van der Waals surface area contributed by atoms with Gasteiger partial charge in [-0.25, -0.2) is 0 Å². The van der Waals surface area contributed by atoms with Crippen LogP contribution in [0.3, 0.4) is 0 Å². The number of unbranched alkanes of at least 4 members (excludes halogenated alkanes) is 1. The van der Waals surface area contributed by atoms with Crippen LogP contribution >= 0.6 is 0 Å². The van der Waals surface area contributed by atoms with E-state index in [0.717, 1.165) is 36.0 Å². The number of amides is 1. The number of hydrogen-bond acceptors (Lipinski definition) is 7. The number of aromatic nitrogens is 7. The second-order valence-electron chi connectivity index (χ2n) is 8.33. The van der Waals surface area contributed by atoms with Gasteiger partial charge in [0.1, 0.15) is 5.75 Å². The number of fused-ring (bicyclic) bond motifs is 1. The molecule has 0 aliphatic heterocycles. The van der Waals surface area contributed by atoms with E-state index in [2.05, 4.69) is 47.9 Å². The minimum atomic E-state index is -0.286. The van der Waals surface area contributed by atoms with Gasteiger partial charge in [-0.3, -0.25) is 14.5 Å². The van der Waals surface area contributed by atoms with Crippen LogP contribution in [0.1, 0.15) is 59.2 Å². The van der Waals surface area contributed by atoms with Crippen LogP contribution in [-0.2, 0) is 19.5 Å². The molecule has 10 heteroatoms. The normalized spacial score (nSPS) is 13.4. The summed E-state index contributed by atoms with van der Waals surface area (Å²) in [7, 11) is 1.59. The van der Waals surface area contributed by atoms with Crippen LogP contribution in [-0.4, -0.2) is 48.2 Å². The second kappa shape index (κ2) is 9.35. The highest BCUT2D eigenvalue weighted by Crippen LogP contribution is 2.40. The molecule has 1 aliphatic rings. The molecule has 2 N–H and O–H groups in total. The Balaban J connectivity index is 1.07. The lowest BCUT2D eigenvalue weighted by atomic mass is 10.1. The molecule has 1 fully saturated rings. The summed E-state index contributed by atoms with van der Waals surface area (Å²) in [6.07, 6.45) is 8.53. The lowest BCUT2D eigenvalue weighted by Gasteiger charge is -2.04. The third-order valence-electron chi connectivity index (χ3n) is 5.76. The van der Waals surface area contributed by atoms with Gasteiger partial charge in [-0.15, -0.1) is 10.2 Å². The Morgan fingerprint density at radius 2 is 2.09 bits per heavy atom. The van der Waals surface area contributed by atoms with Crippen molar-refractivity contribution in [3.63, 3.8) is 0 Å². The quantitative estimate of drug-likeness (QED) is 0.359. The molecule has 0 bridgehead atoms. The third kappa shape index (κ3) is 5.16. The molecule has 1 aliphatic carbocycles. The van der Waals surface area contributed by atoms with Crippen LogP contribution in [0.2, 0.25) is 0 Å². The molecule has 1 saturated carbocycles. The molecule has 1 amide bonds. The van der Waals surface area contributed by atoms with Crippen LogP contribution in [0.15, 0.2) is 36.7 Å². The van der Waals surface area contributed by atoms with E-state index in [1.165, 1.54) is 18.5 Å². The number of aromatic amines is 1. The monoisotopic (exact) mass is 446 g/mol. The SMILES string of the molecule is COc1ccnc(CNC(=O)c2cn(CCCCc3cc4cc(C5CC5)[nH]c4nn3)nn2)c1. The number of aryl methyl sites for hydroxylation is 2. The first-order valence-electron chi connectivity index (χ1n) is 11.2. The zero-order valence-electron chi connectivity index (χ0n) is 18.5. The van der Waals surface area contributed by atoms with E-state index in [1.807, 2.05) is 0 Å². The first-order chi connectivity index (χ1) is 16.2. The molecular weight excluding hydrogens is 420 g/mol. The first kappa shape index (κ1) is 21.0. The summed E-state index contributed by atoms with van der Waals surface area (Å²) in [4.78, 5) is 19.9. The van der Waals surface area contributed by atoms with Crippen molar-refractivity contribution in [2.45, 2.75) is 51.1 Å². The number of carbonyl (C=O) groups is 1. The summed E-state index contributed by atoms with van der Waals surface area (Å²) < 4.78 is 6.86. The van der Waals surface area contributed by atoms with E-state index in [0.29, 0.717) is 23.9 Å². The van der Waals surface area contributed by atoms with Crippen molar-refractivity contribution < 1.29 is 9.53 Å². The number of nitrogens with one attached hydrogen (secondary N) is 2. The van der Waals surface area contributed by atoms with Gasteiger partial charge < -0.3 is 15.0 Å². The number of nitrogens with zero attached hydrogens (tertiary/aromatic N) is 6. The van der Waals surface area contributed by atoms with Crippen molar-refractivity contribution in [2.24, 2.45) is 0 Å². The predicted octanol–water partition coefficient (Wildman–Crippen LogP) is 2.78. The van der Waals surface area contributed by atoms with Gasteiger partial charge in [-0.2, -0.15) is 5.10 Å². The maximum Gasteiger partial charge on any atom is 0.273 e. The average molecular weight is 447 g/mol. The predicted molar refractivity (Wildman–Crippen MR) is 121 cm³/mol. The molecule has 0 aromatic carbocycles. The fourth-order valence-electron chi connectivity index (χ4n) is 3.77. The molecular formula is C23H26N8O2. The van der Waals surface area contributed by atoms with Crippen molar-refractivity contribution >= 4 is 16.9 Å². The van der Waals surface area contributed by atoms with Gasteiger partial charge in [0.2, 0.25) is 0 Å². The molecule has 10 nitrogen and oxygen atoms in total. The van der Waals surface area contributed by atoms with Gasteiger partial charge in [0, 0.05) is 29.9 Å². The largest absolute Gasteiger partial charge is 0.497 e. The van der Waals surface area contributed by atoms with E-state index in [1.54, 1.807) is 36.3 Å². The molecule has 0 radical (unpaired) electrons. The summed E-state index contributed by atoms with van der Waals surface area (Å²) in [6, 6.07) is 7.87. The van der Waals surface area contributed by atoms with Gasteiger partial charge in [-0.05, 0) is 56.2 Å². The summed E-state index contributed by atoms with van der Waals surface area (Å²) >= 11 is 0. The van der Waals surface area contributed by atoms with Gasteiger partial charge in [-0.1, -0.05) is 5.21 Å². The Morgan fingerprint density at radius 1 is 1.18 bits per heavy atom. The lowest BCUT2D eigenvalue weighted by Crippen LogP contribution is -2.23. The summed E-state index contributed by atoms with van der Waals surface area (Å²) in [6.45, 7) is 0.973. The van der Waals surface area contributed by atoms with E-state index in [4.69, 9.17) is 4.74 Å².